The van der Waals surface area contributed by atoms with E-state index < -0.39 is 0 Å². The zero-order chi connectivity index (χ0) is 18.5. The Morgan fingerprint density at radius 3 is 2.69 bits per heavy atom. The lowest BCUT2D eigenvalue weighted by Gasteiger charge is -2.32. The number of piperidine rings is 1. The molecule has 0 unspecified atom stereocenters. The van der Waals surface area contributed by atoms with E-state index in [9.17, 15) is 4.79 Å². The second-order valence-electron chi connectivity index (χ2n) is 7.40. The van der Waals surface area contributed by atoms with Crippen LogP contribution in [0.25, 0.3) is 0 Å². The molecule has 0 bridgehead atoms. The number of carbonyl (C=O) groups is 1. The number of benzene rings is 2. The van der Waals surface area contributed by atoms with E-state index in [1.165, 1.54) is 5.56 Å². The Kier molecular flexibility index (Phi) is 6.33. The molecule has 0 aromatic heterocycles. The minimum Gasteiger partial charge on any atom is -0.326 e. The van der Waals surface area contributed by atoms with Gasteiger partial charge in [0.15, 0.2) is 0 Å². The molecule has 1 atom stereocenters. The highest BCUT2D eigenvalue weighted by Gasteiger charge is 2.26. The molecular weight excluding hydrogens is 344 g/mol. The van der Waals surface area contributed by atoms with Crippen molar-refractivity contribution in [2.75, 3.05) is 18.4 Å². The lowest BCUT2D eigenvalue weighted by atomic mass is 9.95. The van der Waals surface area contributed by atoms with E-state index >= 15 is 0 Å². The van der Waals surface area contributed by atoms with Crippen LogP contribution in [-0.2, 0) is 11.3 Å². The van der Waals surface area contributed by atoms with Gasteiger partial charge in [-0.1, -0.05) is 61.8 Å². The van der Waals surface area contributed by atoms with Crippen LogP contribution in [0.4, 0.5) is 5.69 Å². The summed E-state index contributed by atoms with van der Waals surface area (Å²) >= 11 is 6.29. The van der Waals surface area contributed by atoms with Crippen molar-refractivity contribution in [2.45, 2.75) is 39.2 Å². The Bertz CT molecular complexity index is 759. The van der Waals surface area contributed by atoms with Crippen molar-refractivity contribution in [3.05, 3.63) is 64.7 Å². The second kappa shape index (κ2) is 8.70. The summed E-state index contributed by atoms with van der Waals surface area (Å²) in [6.45, 7) is 6.89. The van der Waals surface area contributed by atoms with Gasteiger partial charge >= 0.3 is 0 Å². The van der Waals surface area contributed by atoms with Gasteiger partial charge in [-0.05, 0) is 48.6 Å². The predicted molar refractivity (Wildman–Crippen MR) is 109 cm³/mol. The highest BCUT2D eigenvalue weighted by molar-refractivity contribution is 6.31. The minimum atomic E-state index is 0.0199. The quantitative estimate of drug-likeness (QED) is 0.773. The van der Waals surface area contributed by atoms with Crippen molar-refractivity contribution in [3.63, 3.8) is 0 Å². The first kappa shape index (κ1) is 18.9. The van der Waals surface area contributed by atoms with E-state index in [2.05, 4.69) is 36.2 Å². The van der Waals surface area contributed by atoms with Crippen LogP contribution in [0.3, 0.4) is 0 Å². The van der Waals surface area contributed by atoms with E-state index in [1.807, 2.05) is 36.4 Å². The van der Waals surface area contributed by atoms with E-state index in [0.29, 0.717) is 5.92 Å². The number of nitrogens with one attached hydrogen (secondary N) is 1. The summed E-state index contributed by atoms with van der Waals surface area (Å²) in [4.78, 5) is 15.2. The number of carbonyl (C=O) groups excluding carboxylic acids is 1. The fourth-order valence-electron chi connectivity index (χ4n) is 3.63. The maximum absolute atomic E-state index is 12.8. The zero-order valence-electron chi connectivity index (χ0n) is 15.5. The van der Waals surface area contributed by atoms with Crippen LogP contribution >= 0.6 is 11.6 Å². The van der Waals surface area contributed by atoms with Gasteiger partial charge in [0.25, 0.3) is 0 Å². The number of para-hydroxylation sites is 1. The Balaban J connectivity index is 1.64. The SMILES string of the molecule is CC(C)c1ccccc1NC(=O)[C@@H]1CCCN(Cc2ccccc2Cl)C1. The summed E-state index contributed by atoms with van der Waals surface area (Å²) in [6.07, 6.45) is 1.98. The van der Waals surface area contributed by atoms with Crippen molar-refractivity contribution in [2.24, 2.45) is 5.92 Å². The summed E-state index contributed by atoms with van der Waals surface area (Å²) < 4.78 is 0. The molecule has 0 saturated carbocycles. The molecule has 1 N–H and O–H groups in total. The second-order valence-corrected chi connectivity index (χ2v) is 7.80. The number of nitrogens with zero attached hydrogens (tertiary/aromatic N) is 1. The maximum Gasteiger partial charge on any atom is 0.228 e. The largest absolute Gasteiger partial charge is 0.326 e. The lowest BCUT2D eigenvalue weighted by molar-refractivity contribution is -0.121. The van der Waals surface area contributed by atoms with Crippen molar-refractivity contribution in [3.8, 4) is 0 Å². The summed E-state index contributed by atoms with van der Waals surface area (Å²) in [6, 6.07) is 16.0. The molecule has 0 radical (unpaired) electrons. The molecule has 3 rings (SSSR count). The number of likely N-dealkylation sites (tertiary alicyclic amines) is 1. The van der Waals surface area contributed by atoms with Gasteiger partial charge in [-0.3, -0.25) is 9.69 Å². The summed E-state index contributed by atoms with van der Waals surface area (Å²) in [5.41, 5.74) is 3.25. The highest BCUT2D eigenvalue weighted by atomic mass is 35.5. The van der Waals surface area contributed by atoms with Crippen molar-refractivity contribution >= 4 is 23.2 Å². The first-order valence-electron chi connectivity index (χ1n) is 9.40. The number of halogens is 1. The highest BCUT2D eigenvalue weighted by Crippen LogP contribution is 2.26. The van der Waals surface area contributed by atoms with Crippen LogP contribution in [0, 0.1) is 5.92 Å². The topological polar surface area (TPSA) is 32.3 Å². The van der Waals surface area contributed by atoms with E-state index in [4.69, 9.17) is 11.6 Å². The zero-order valence-corrected chi connectivity index (χ0v) is 16.3. The number of hydrogen-bond acceptors (Lipinski definition) is 2. The fourth-order valence-corrected chi connectivity index (χ4v) is 3.83. The van der Waals surface area contributed by atoms with Gasteiger partial charge in [-0.25, -0.2) is 0 Å². The molecule has 4 heteroatoms. The average molecular weight is 371 g/mol. The summed E-state index contributed by atoms with van der Waals surface area (Å²) in [7, 11) is 0. The van der Waals surface area contributed by atoms with Crippen LogP contribution in [0.1, 0.15) is 43.7 Å². The monoisotopic (exact) mass is 370 g/mol. The Hall–Kier alpha value is -1.84. The molecule has 26 heavy (non-hydrogen) atoms. The Morgan fingerprint density at radius 2 is 1.92 bits per heavy atom. The number of rotatable bonds is 5. The molecule has 1 aliphatic heterocycles. The molecule has 138 valence electrons. The third-order valence-corrected chi connectivity index (χ3v) is 5.44. The van der Waals surface area contributed by atoms with Gasteiger partial charge in [0.1, 0.15) is 0 Å². The molecule has 1 fully saturated rings. The molecule has 2 aromatic carbocycles. The van der Waals surface area contributed by atoms with Crippen LogP contribution in [0.5, 0.6) is 0 Å². The predicted octanol–water partition coefficient (Wildman–Crippen LogP) is 5.31. The minimum absolute atomic E-state index is 0.0199. The molecule has 3 nitrogen and oxygen atoms in total. The van der Waals surface area contributed by atoms with Gasteiger partial charge in [-0.2, -0.15) is 0 Å². The molecule has 1 heterocycles. The van der Waals surface area contributed by atoms with E-state index in [1.54, 1.807) is 0 Å². The summed E-state index contributed by atoms with van der Waals surface area (Å²) in [5.74, 6) is 0.531. The van der Waals surface area contributed by atoms with E-state index in [0.717, 1.165) is 48.7 Å². The van der Waals surface area contributed by atoms with Crippen LogP contribution < -0.4 is 5.32 Å². The fraction of sp³-hybridized carbons (Fsp3) is 0.409. The molecule has 1 aliphatic rings. The van der Waals surface area contributed by atoms with Gasteiger partial charge in [0, 0.05) is 23.8 Å². The molecule has 0 spiro atoms. The first-order valence-corrected chi connectivity index (χ1v) is 9.78. The number of hydrogen-bond donors (Lipinski definition) is 1. The molecule has 1 saturated heterocycles. The van der Waals surface area contributed by atoms with Crippen LogP contribution in [0.15, 0.2) is 48.5 Å². The van der Waals surface area contributed by atoms with Crippen molar-refractivity contribution in [1.29, 1.82) is 0 Å². The summed E-state index contributed by atoms with van der Waals surface area (Å²) in [5, 5.41) is 3.96. The molecule has 2 aromatic rings. The third kappa shape index (κ3) is 4.66. The van der Waals surface area contributed by atoms with Crippen LogP contribution in [-0.4, -0.2) is 23.9 Å². The smallest absolute Gasteiger partial charge is 0.228 e. The standard InChI is InChI=1S/C22H27ClN2O/c1-16(2)19-10-4-6-12-21(19)24-22(26)18-9-7-13-25(15-18)14-17-8-3-5-11-20(17)23/h3-6,8,10-12,16,18H,7,9,13-15H2,1-2H3,(H,24,26)/t18-/m1/s1. The Morgan fingerprint density at radius 1 is 1.19 bits per heavy atom. The molecular formula is C22H27ClN2O. The Labute approximate surface area is 161 Å². The third-order valence-electron chi connectivity index (χ3n) is 5.07. The van der Waals surface area contributed by atoms with Crippen LogP contribution in [0.2, 0.25) is 5.02 Å². The van der Waals surface area contributed by atoms with Crippen molar-refractivity contribution < 1.29 is 4.79 Å². The normalized spacial score (nSPS) is 18.1. The van der Waals surface area contributed by atoms with Gasteiger partial charge in [-0.15, -0.1) is 0 Å². The number of amides is 1. The molecule has 1 amide bonds. The van der Waals surface area contributed by atoms with Gasteiger partial charge < -0.3 is 5.32 Å². The van der Waals surface area contributed by atoms with Gasteiger partial charge in [0.05, 0.1) is 5.92 Å². The lowest BCUT2D eigenvalue weighted by Crippen LogP contribution is -2.40. The molecule has 0 aliphatic carbocycles. The van der Waals surface area contributed by atoms with Crippen molar-refractivity contribution in [1.82, 2.24) is 4.90 Å². The first-order chi connectivity index (χ1) is 12.5. The van der Waals surface area contributed by atoms with E-state index in [-0.39, 0.29) is 11.8 Å². The maximum atomic E-state index is 12.8. The van der Waals surface area contributed by atoms with Gasteiger partial charge in [0.2, 0.25) is 5.91 Å². The average Bonchev–Trinajstić information content (AvgIpc) is 2.64. The number of anilines is 1.